The Hall–Kier alpha value is -1.51. The first-order valence-corrected chi connectivity index (χ1v) is 7.10. The second-order valence-electron chi connectivity index (χ2n) is 5.01. The van der Waals surface area contributed by atoms with Gasteiger partial charge in [-0.3, -0.25) is 0 Å². The highest BCUT2D eigenvalue weighted by Gasteiger charge is 2.05. The van der Waals surface area contributed by atoms with Crippen LogP contribution < -0.4 is 10.1 Å². The van der Waals surface area contributed by atoms with Gasteiger partial charge in [-0.15, -0.1) is 0 Å². The van der Waals surface area contributed by atoms with E-state index in [4.69, 9.17) is 16.3 Å². The van der Waals surface area contributed by atoms with Gasteiger partial charge < -0.3 is 10.1 Å². The van der Waals surface area contributed by atoms with E-state index in [0.29, 0.717) is 11.6 Å². The Balaban J connectivity index is 2.09. The molecule has 2 rings (SSSR count). The zero-order valence-corrected chi connectivity index (χ0v) is 12.9. The molecule has 0 saturated heterocycles. The summed E-state index contributed by atoms with van der Waals surface area (Å²) in [5.74, 6) is 0.729. The lowest BCUT2D eigenvalue weighted by Gasteiger charge is -2.12. The zero-order valence-electron chi connectivity index (χ0n) is 12.2. The van der Waals surface area contributed by atoms with Gasteiger partial charge >= 0.3 is 0 Å². The average molecular weight is 290 g/mol. The molecule has 2 aromatic carbocycles. The van der Waals surface area contributed by atoms with Crippen molar-refractivity contribution in [2.45, 2.75) is 27.0 Å². The van der Waals surface area contributed by atoms with E-state index < -0.39 is 0 Å². The van der Waals surface area contributed by atoms with E-state index >= 15 is 0 Å². The molecule has 0 radical (unpaired) electrons. The fourth-order valence-corrected chi connectivity index (χ4v) is 2.34. The number of hydrogen-bond donors (Lipinski definition) is 1. The topological polar surface area (TPSA) is 21.3 Å². The predicted octanol–water partition coefficient (Wildman–Crippen LogP) is 4.26. The summed E-state index contributed by atoms with van der Waals surface area (Å²) in [4.78, 5) is 0. The number of aryl methyl sites for hydroxylation is 2. The first-order valence-electron chi connectivity index (χ1n) is 6.72. The maximum atomic E-state index is 6.25. The summed E-state index contributed by atoms with van der Waals surface area (Å²) in [6.45, 7) is 5.52. The van der Waals surface area contributed by atoms with Gasteiger partial charge in [0.25, 0.3) is 0 Å². The molecule has 20 heavy (non-hydrogen) atoms. The molecule has 1 N–H and O–H groups in total. The summed E-state index contributed by atoms with van der Waals surface area (Å²) in [7, 11) is 1.92. The Labute approximate surface area is 125 Å². The van der Waals surface area contributed by atoms with Crippen molar-refractivity contribution >= 4 is 11.6 Å². The summed E-state index contributed by atoms with van der Waals surface area (Å²) < 4.78 is 5.84. The maximum Gasteiger partial charge on any atom is 0.138 e. The largest absolute Gasteiger partial charge is 0.487 e. The Morgan fingerprint density at radius 3 is 2.60 bits per heavy atom. The molecule has 0 atom stereocenters. The molecule has 0 aliphatic rings. The molecule has 2 aromatic rings. The lowest BCUT2D eigenvalue weighted by molar-refractivity contribution is 0.305. The smallest absolute Gasteiger partial charge is 0.138 e. The first kappa shape index (κ1) is 14.9. The lowest BCUT2D eigenvalue weighted by atomic mass is 10.1. The number of halogens is 1. The highest BCUT2D eigenvalue weighted by molar-refractivity contribution is 6.32. The summed E-state index contributed by atoms with van der Waals surface area (Å²) in [6.07, 6.45) is 0. The maximum absolute atomic E-state index is 6.25. The van der Waals surface area contributed by atoms with Crippen molar-refractivity contribution in [1.29, 1.82) is 0 Å². The van der Waals surface area contributed by atoms with Crippen molar-refractivity contribution < 1.29 is 4.74 Å². The van der Waals surface area contributed by atoms with Crippen LogP contribution in [0, 0.1) is 13.8 Å². The van der Waals surface area contributed by atoms with Gasteiger partial charge in [0.2, 0.25) is 0 Å². The highest BCUT2D eigenvalue weighted by Crippen LogP contribution is 2.26. The molecular formula is C17H20ClNO. The van der Waals surface area contributed by atoms with Crippen LogP contribution in [-0.4, -0.2) is 7.05 Å². The van der Waals surface area contributed by atoms with Crippen molar-refractivity contribution in [2.75, 3.05) is 7.05 Å². The molecular weight excluding hydrogens is 270 g/mol. The molecule has 0 heterocycles. The Morgan fingerprint density at radius 1 is 1.10 bits per heavy atom. The minimum atomic E-state index is 0.540. The van der Waals surface area contributed by atoms with Crippen LogP contribution in [0.25, 0.3) is 0 Å². The van der Waals surface area contributed by atoms with E-state index in [9.17, 15) is 0 Å². The van der Waals surface area contributed by atoms with Gasteiger partial charge in [0, 0.05) is 6.54 Å². The van der Waals surface area contributed by atoms with Crippen LogP contribution in [0.2, 0.25) is 5.02 Å². The molecule has 0 aliphatic carbocycles. The third kappa shape index (κ3) is 3.75. The van der Waals surface area contributed by atoms with Gasteiger partial charge in [-0.05, 0) is 49.7 Å². The summed E-state index contributed by atoms with van der Waals surface area (Å²) >= 11 is 6.25. The van der Waals surface area contributed by atoms with Crippen molar-refractivity contribution in [2.24, 2.45) is 0 Å². The zero-order chi connectivity index (χ0) is 14.5. The van der Waals surface area contributed by atoms with Crippen LogP contribution in [0.1, 0.15) is 22.3 Å². The Kier molecular flexibility index (Phi) is 5.05. The van der Waals surface area contributed by atoms with E-state index in [1.807, 2.05) is 25.2 Å². The van der Waals surface area contributed by atoms with Crippen molar-refractivity contribution in [3.63, 3.8) is 0 Å². The molecule has 0 fully saturated rings. The second-order valence-corrected chi connectivity index (χ2v) is 5.42. The van der Waals surface area contributed by atoms with Gasteiger partial charge in [-0.1, -0.05) is 41.4 Å². The van der Waals surface area contributed by atoms with E-state index in [-0.39, 0.29) is 0 Å². The average Bonchev–Trinajstić information content (AvgIpc) is 2.42. The highest BCUT2D eigenvalue weighted by atomic mass is 35.5. The Bertz CT molecular complexity index is 596. The monoisotopic (exact) mass is 289 g/mol. The van der Waals surface area contributed by atoms with Gasteiger partial charge in [0.15, 0.2) is 0 Å². The number of hydrogen-bond acceptors (Lipinski definition) is 2. The van der Waals surface area contributed by atoms with Gasteiger partial charge in [0.1, 0.15) is 12.4 Å². The number of benzene rings is 2. The van der Waals surface area contributed by atoms with E-state index in [2.05, 4.69) is 37.4 Å². The first-order chi connectivity index (χ1) is 9.60. The number of rotatable bonds is 5. The molecule has 2 nitrogen and oxygen atoms in total. The number of nitrogens with one attached hydrogen (secondary N) is 1. The molecule has 0 saturated carbocycles. The molecule has 0 aliphatic heterocycles. The third-order valence-electron chi connectivity index (χ3n) is 3.27. The summed E-state index contributed by atoms with van der Waals surface area (Å²) in [5.41, 5.74) is 4.82. The predicted molar refractivity (Wildman–Crippen MR) is 84.5 cm³/mol. The fourth-order valence-electron chi connectivity index (χ4n) is 2.09. The molecule has 106 valence electrons. The van der Waals surface area contributed by atoms with E-state index in [1.54, 1.807) is 0 Å². The minimum Gasteiger partial charge on any atom is -0.487 e. The lowest BCUT2D eigenvalue weighted by Crippen LogP contribution is -2.05. The van der Waals surface area contributed by atoms with E-state index in [0.717, 1.165) is 17.9 Å². The normalized spacial score (nSPS) is 10.6. The fraction of sp³-hybridized carbons (Fsp3) is 0.294. The standard InChI is InChI=1S/C17H20ClNO/c1-12-4-5-13(2)15(8-12)11-20-17-7-6-14(10-19-3)9-16(17)18/h4-9,19H,10-11H2,1-3H3. The second kappa shape index (κ2) is 6.78. The van der Waals surface area contributed by atoms with Gasteiger partial charge in [0.05, 0.1) is 5.02 Å². The molecule has 0 unspecified atom stereocenters. The molecule has 0 amide bonds. The van der Waals surface area contributed by atoms with Crippen LogP contribution in [-0.2, 0) is 13.2 Å². The third-order valence-corrected chi connectivity index (χ3v) is 3.56. The molecule has 0 bridgehead atoms. The van der Waals surface area contributed by atoms with E-state index in [1.165, 1.54) is 16.7 Å². The van der Waals surface area contributed by atoms with Gasteiger partial charge in [-0.25, -0.2) is 0 Å². The van der Waals surface area contributed by atoms with Crippen molar-refractivity contribution in [3.05, 3.63) is 63.7 Å². The van der Waals surface area contributed by atoms with Crippen LogP contribution in [0.4, 0.5) is 0 Å². The molecule has 0 aromatic heterocycles. The molecule has 3 heteroatoms. The Morgan fingerprint density at radius 2 is 1.90 bits per heavy atom. The quantitative estimate of drug-likeness (QED) is 0.888. The van der Waals surface area contributed by atoms with Crippen molar-refractivity contribution in [1.82, 2.24) is 5.32 Å². The summed E-state index contributed by atoms with van der Waals surface area (Å²) in [6, 6.07) is 12.3. The van der Waals surface area contributed by atoms with Crippen LogP contribution in [0.15, 0.2) is 36.4 Å². The number of ether oxygens (including phenoxy) is 1. The SMILES string of the molecule is CNCc1ccc(OCc2cc(C)ccc2C)c(Cl)c1. The van der Waals surface area contributed by atoms with Gasteiger partial charge in [-0.2, -0.15) is 0 Å². The van der Waals surface area contributed by atoms with Crippen LogP contribution in [0.5, 0.6) is 5.75 Å². The minimum absolute atomic E-state index is 0.540. The molecule has 0 spiro atoms. The summed E-state index contributed by atoms with van der Waals surface area (Å²) in [5, 5.41) is 3.76. The van der Waals surface area contributed by atoms with Crippen molar-refractivity contribution in [3.8, 4) is 5.75 Å². The van der Waals surface area contributed by atoms with Crippen LogP contribution in [0.3, 0.4) is 0 Å². The van der Waals surface area contributed by atoms with Crippen LogP contribution >= 0.6 is 11.6 Å².